The summed E-state index contributed by atoms with van der Waals surface area (Å²) in [5.74, 6) is 2.18. The van der Waals surface area contributed by atoms with Crippen LogP contribution in [0.3, 0.4) is 0 Å². The van der Waals surface area contributed by atoms with Crippen LogP contribution < -0.4 is 9.54 Å². The van der Waals surface area contributed by atoms with Crippen molar-refractivity contribution >= 4 is 21.6 Å². The topological polar surface area (TPSA) is 38.0 Å². The molecule has 0 spiro atoms. The van der Waals surface area contributed by atoms with E-state index in [2.05, 4.69) is 10.7 Å². The van der Waals surface area contributed by atoms with Crippen LogP contribution in [0, 0.1) is 17.8 Å². The Balaban J connectivity index is 2.41. The minimum Gasteiger partial charge on any atom is -0.406 e. The Bertz CT molecular complexity index is 694. The van der Waals surface area contributed by atoms with Crippen LogP contribution in [-0.2, 0) is 6.54 Å². The molecular formula is C12H9F3N2OS. The highest BCUT2D eigenvalue weighted by Gasteiger charge is 2.31. The molecule has 19 heavy (non-hydrogen) atoms. The van der Waals surface area contributed by atoms with E-state index in [0.29, 0.717) is 23.2 Å². The fourth-order valence-corrected chi connectivity index (χ4v) is 2.63. The third-order valence-corrected chi connectivity index (χ3v) is 3.35. The second-order valence-electron chi connectivity index (χ2n) is 3.69. The number of fused-ring (bicyclic) bond motifs is 1. The third kappa shape index (κ3) is 3.09. The molecular weight excluding hydrogens is 277 g/mol. The van der Waals surface area contributed by atoms with E-state index in [1.807, 2.05) is 0 Å². The second kappa shape index (κ2) is 4.97. The first kappa shape index (κ1) is 13.5. The molecule has 0 saturated carbocycles. The van der Waals surface area contributed by atoms with Crippen molar-refractivity contribution in [1.82, 2.24) is 4.57 Å². The summed E-state index contributed by atoms with van der Waals surface area (Å²) < 4.78 is 42.4. The molecule has 2 rings (SSSR count). The van der Waals surface area contributed by atoms with Gasteiger partial charge in [-0.15, -0.1) is 25.5 Å². The van der Waals surface area contributed by atoms with Gasteiger partial charge in [0.1, 0.15) is 5.75 Å². The van der Waals surface area contributed by atoms with E-state index in [9.17, 15) is 13.2 Å². The number of rotatable bonds is 3. The largest absolute Gasteiger partial charge is 0.573 e. The summed E-state index contributed by atoms with van der Waals surface area (Å²) >= 11 is 1.08. The summed E-state index contributed by atoms with van der Waals surface area (Å²) in [6.07, 6.45) is 0.914. The van der Waals surface area contributed by atoms with Crippen molar-refractivity contribution in [3.05, 3.63) is 23.0 Å². The van der Waals surface area contributed by atoms with Crippen LogP contribution in [0.1, 0.15) is 6.42 Å². The summed E-state index contributed by atoms with van der Waals surface area (Å²) in [5.41, 5.74) is 0.680. The van der Waals surface area contributed by atoms with Gasteiger partial charge in [0.25, 0.3) is 0 Å². The molecule has 1 aromatic carbocycles. The van der Waals surface area contributed by atoms with Crippen LogP contribution in [0.2, 0.25) is 0 Å². The highest BCUT2D eigenvalue weighted by atomic mass is 32.1. The zero-order valence-corrected chi connectivity index (χ0v) is 10.4. The van der Waals surface area contributed by atoms with Crippen molar-refractivity contribution < 1.29 is 17.9 Å². The number of alkyl halides is 3. The van der Waals surface area contributed by atoms with Gasteiger partial charge >= 0.3 is 6.36 Å². The van der Waals surface area contributed by atoms with Crippen molar-refractivity contribution in [2.24, 2.45) is 0 Å². The number of hydrogen-bond acceptors (Lipinski definition) is 3. The minimum atomic E-state index is -4.71. The van der Waals surface area contributed by atoms with Gasteiger partial charge in [-0.25, -0.2) is 0 Å². The van der Waals surface area contributed by atoms with Gasteiger partial charge in [0, 0.05) is 13.0 Å². The number of nitrogens with zero attached hydrogens (tertiary/aromatic N) is 1. The van der Waals surface area contributed by atoms with E-state index < -0.39 is 6.36 Å². The van der Waals surface area contributed by atoms with Gasteiger partial charge in [-0.05, 0) is 18.2 Å². The Kier molecular flexibility index (Phi) is 3.53. The smallest absolute Gasteiger partial charge is 0.406 e. The fourth-order valence-electron chi connectivity index (χ4n) is 1.66. The standard InChI is InChI=1S/C12H9F3N2OS/c1-2-3-6-17-9-5-4-8(18-12(13,14)15)7-10(9)19-11(17)16/h1,4-5,7,16H,3,6H2. The van der Waals surface area contributed by atoms with Crippen molar-refractivity contribution in [1.29, 1.82) is 5.41 Å². The van der Waals surface area contributed by atoms with Crippen LogP contribution in [0.4, 0.5) is 13.2 Å². The predicted octanol–water partition coefficient (Wildman–Crippen LogP) is 3.10. The van der Waals surface area contributed by atoms with E-state index in [-0.39, 0.29) is 10.6 Å². The second-order valence-corrected chi connectivity index (χ2v) is 4.72. The van der Waals surface area contributed by atoms with E-state index in [1.54, 1.807) is 4.57 Å². The molecule has 3 nitrogen and oxygen atoms in total. The van der Waals surface area contributed by atoms with Gasteiger partial charge in [0.2, 0.25) is 0 Å². The lowest BCUT2D eigenvalue weighted by Gasteiger charge is -2.08. The van der Waals surface area contributed by atoms with E-state index in [4.69, 9.17) is 11.8 Å². The van der Waals surface area contributed by atoms with Crippen LogP contribution in [0.15, 0.2) is 18.2 Å². The maximum atomic E-state index is 12.1. The van der Waals surface area contributed by atoms with Gasteiger partial charge < -0.3 is 9.30 Å². The summed E-state index contributed by atoms with van der Waals surface area (Å²) in [4.78, 5) is 0.245. The summed E-state index contributed by atoms with van der Waals surface area (Å²) in [7, 11) is 0. The predicted molar refractivity (Wildman–Crippen MR) is 65.8 cm³/mol. The molecule has 0 radical (unpaired) electrons. The first-order chi connectivity index (χ1) is 8.90. The molecule has 1 aromatic heterocycles. The molecule has 0 fully saturated rings. The Morgan fingerprint density at radius 1 is 1.42 bits per heavy atom. The van der Waals surface area contributed by atoms with Crippen molar-refractivity contribution in [2.45, 2.75) is 19.3 Å². The number of aryl methyl sites for hydroxylation is 1. The normalized spacial score (nSPS) is 11.5. The zero-order chi connectivity index (χ0) is 14.0. The highest BCUT2D eigenvalue weighted by molar-refractivity contribution is 7.16. The molecule has 1 heterocycles. The number of ether oxygens (including phenoxy) is 1. The number of benzene rings is 1. The van der Waals surface area contributed by atoms with Gasteiger partial charge in [-0.3, -0.25) is 5.41 Å². The van der Waals surface area contributed by atoms with E-state index in [1.165, 1.54) is 18.2 Å². The molecule has 0 aliphatic carbocycles. The quantitative estimate of drug-likeness (QED) is 0.865. The van der Waals surface area contributed by atoms with Gasteiger partial charge in [0.15, 0.2) is 4.80 Å². The summed E-state index contributed by atoms with van der Waals surface area (Å²) in [6, 6.07) is 4.01. The number of terminal acetylenes is 1. The molecule has 100 valence electrons. The minimum absolute atomic E-state index is 0.245. The molecule has 0 aliphatic rings. The number of hydrogen-bond donors (Lipinski definition) is 1. The molecule has 0 atom stereocenters. The lowest BCUT2D eigenvalue weighted by Crippen LogP contribution is -2.17. The first-order valence-electron chi connectivity index (χ1n) is 5.28. The Morgan fingerprint density at radius 3 is 2.79 bits per heavy atom. The monoisotopic (exact) mass is 286 g/mol. The highest BCUT2D eigenvalue weighted by Crippen LogP contribution is 2.27. The van der Waals surface area contributed by atoms with Crippen molar-refractivity contribution in [3.63, 3.8) is 0 Å². The Hall–Kier alpha value is -1.94. The average molecular weight is 286 g/mol. The van der Waals surface area contributed by atoms with Crippen LogP contribution in [0.5, 0.6) is 5.75 Å². The fraction of sp³-hybridized carbons (Fsp3) is 0.250. The maximum absolute atomic E-state index is 12.1. The number of thiazole rings is 1. The van der Waals surface area contributed by atoms with Gasteiger partial charge in [0.05, 0.1) is 10.2 Å². The number of aromatic nitrogens is 1. The van der Waals surface area contributed by atoms with Crippen molar-refractivity contribution in [3.8, 4) is 18.1 Å². The summed E-state index contributed by atoms with van der Waals surface area (Å²) in [6.45, 7) is 0.467. The molecule has 0 unspecified atom stereocenters. The summed E-state index contributed by atoms with van der Waals surface area (Å²) in [5, 5.41) is 7.78. The van der Waals surface area contributed by atoms with Crippen LogP contribution in [-0.4, -0.2) is 10.9 Å². The SMILES string of the molecule is C#CCCn1c(=N)sc2cc(OC(F)(F)F)ccc21. The molecule has 0 bridgehead atoms. The van der Waals surface area contributed by atoms with E-state index >= 15 is 0 Å². The molecule has 7 heteroatoms. The maximum Gasteiger partial charge on any atom is 0.573 e. The van der Waals surface area contributed by atoms with Gasteiger partial charge in [-0.2, -0.15) is 0 Å². The molecule has 0 amide bonds. The van der Waals surface area contributed by atoms with Crippen LogP contribution in [0.25, 0.3) is 10.2 Å². The average Bonchev–Trinajstić information content (AvgIpc) is 2.59. The Labute approximate surface area is 110 Å². The van der Waals surface area contributed by atoms with Crippen molar-refractivity contribution in [2.75, 3.05) is 0 Å². The first-order valence-corrected chi connectivity index (χ1v) is 6.09. The lowest BCUT2D eigenvalue weighted by atomic mass is 10.3. The molecule has 0 saturated heterocycles. The Morgan fingerprint density at radius 2 is 2.16 bits per heavy atom. The van der Waals surface area contributed by atoms with E-state index in [0.717, 1.165) is 11.3 Å². The molecule has 2 aromatic rings. The molecule has 1 N–H and O–H groups in total. The van der Waals surface area contributed by atoms with Crippen LogP contribution >= 0.6 is 11.3 Å². The van der Waals surface area contributed by atoms with Gasteiger partial charge in [-0.1, -0.05) is 11.3 Å². The lowest BCUT2D eigenvalue weighted by molar-refractivity contribution is -0.274. The third-order valence-electron chi connectivity index (χ3n) is 2.39. The zero-order valence-electron chi connectivity index (χ0n) is 9.62. The number of nitrogens with one attached hydrogen (secondary N) is 1. The number of halogens is 3. The molecule has 0 aliphatic heterocycles.